The maximum atomic E-state index is 14.3. The lowest BCUT2D eigenvalue weighted by molar-refractivity contribution is -0.432. The number of halogens is 7. The number of hydrogen-bond acceptors (Lipinski definition) is 3. The minimum atomic E-state index is -5.75. The van der Waals surface area contributed by atoms with Crippen LogP contribution in [-0.2, 0) is 20.3 Å². The van der Waals surface area contributed by atoms with Crippen LogP contribution in [0.15, 0.2) is 36.9 Å². The maximum absolute atomic E-state index is 14.3. The molecule has 3 fully saturated rings. The van der Waals surface area contributed by atoms with E-state index in [1.807, 2.05) is 6.08 Å². The van der Waals surface area contributed by atoms with Crippen LogP contribution in [0.1, 0.15) is 68.4 Å². The van der Waals surface area contributed by atoms with Gasteiger partial charge in [0.2, 0.25) is 0 Å². The van der Waals surface area contributed by atoms with E-state index in [2.05, 4.69) is 23.5 Å². The molecule has 0 bridgehead atoms. The zero-order chi connectivity index (χ0) is 27.5. The Balaban J connectivity index is 1.25. The molecule has 0 spiro atoms. The summed E-state index contributed by atoms with van der Waals surface area (Å²) in [7, 11) is 0. The first kappa shape index (κ1) is 29.1. The quantitative estimate of drug-likeness (QED) is 0.252. The van der Waals surface area contributed by atoms with Crippen LogP contribution in [0.4, 0.5) is 30.7 Å². The maximum Gasteiger partial charge on any atom is 0.527 e. The van der Waals surface area contributed by atoms with Gasteiger partial charge in [-0.25, -0.2) is 13.5 Å². The zero-order valence-corrected chi connectivity index (χ0v) is 21.0. The second-order valence-electron chi connectivity index (χ2n) is 10.6. The number of allylic oxidation sites excluding steroid dienone is 2. The molecular formula is C28H33F7O3. The summed E-state index contributed by atoms with van der Waals surface area (Å²) >= 11 is 0. The van der Waals surface area contributed by atoms with Crippen LogP contribution in [0.25, 0.3) is 0 Å². The summed E-state index contributed by atoms with van der Waals surface area (Å²) in [5, 5.41) is 0. The minimum absolute atomic E-state index is 0.140. The second kappa shape index (κ2) is 12.1. The Hall–Kier alpha value is -1.91. The van der Waals surface area contributed by atoms with Gasteiger partial charge in [-0.3, -0.25) is 0 Å². The Labute approximate surface area is 218 Å². The third-order valence-corrected chi connectivity index (χ3v) is 7.98. The van der Waals surface area contributed by atoms with Crippen LogP contribution in [0.2, 0.25) is 0 Å². The lowest BCUT2D eigenvalue weighted by atomic mass is 9.77. The first-order chi connectivity index (χ1) is 17.9. The number of ether oxygens (including phenoxy) is 3. The van der Waals surface area contributed by atoms with Gasteiger partial charge in [0.15, 0.2) is 6.29 Å². The number of benzene rings is 1. The summed E-state index contributed by atoms with van der Waals surface area (Å²) < 4.78 is 107. The smallest absolute Gasteiger partial charge is 0.352 e. The standard InChI is InChI=1S/C28H33F7O3/c1-2-17-15-36-26(37-16-17)21-11-7-19(8-12-21)4-3-18-5-9-20(10-6-18)22-13-23(29)25(24(30)14-22)27(31,32)38-28(33,34)35/h2-4,13-14,17-21,26H,1,5-12,15-16H2. The lowest BCUT2D eigenvalue weighted by Gasteiger charge is -2.36. The highest BCUT2D eigenvalue weighted by atomic mass is 19.4. The molecule has 10 heteroatoms. The Kier molecular flexibility index (Phi) is 9.25. The van der Waals surface area contributed by atoms with Gasteiger partial charge in [0, 0.05) is 11.8 Å². The third-order valence-electron chi connectivity index (χ3n) is 7.98. The van der Waals surface area contributed by atoms with Crippen LogP contribution in [0, 0.1) is 35.3 Å². The van der Waals surface area contributed by atoms with E-state index in [9.17, 15) is 30.7 Å². The Morgan fingerprint density at radius 1 is 0.763 bits per heavy atom. The van der Waals surface area contributed by atoms with Crippen molar-refractivity contribution in [3.8, 4) is 0 Å². The van der Waals surface area contributed by atoms with E-state index in [1.165, 1.54) is 0 Å². The van der Waals surface area contributed by atoms with E-state index in [0.717, 1.165) is 38.5 Å². The summed E-state index contributed by atoms with van der Waals surface area (Å²) in [6, 6.07) is 1.39. The molecule has 1 heterocycles. The molecule has 1 aromatic rings. The van der Waals surface area contributed by atoms with E-state index in [1.54, 1.807) is 0 Å². The summed E-state index contributed by atoms with van der Waals surface area (Å²) in [5.41, 5.74) is -1.87. The molecule has 1 aliphatic heterocycles. The lowest BCUT2D eigenvalue weighted by Crippen LogP contribution is -2.37. The van der Waals surface area contributed by atoms with E-state index in [0.29, 0.717) is 55.9 Å². The molecule has 0 radical (unpaired) electrons. The largest absolute Gasteiger partial charge is 0.527 e. The molecule has 4 rings (SSSR count). The molecule has 2 saturated carbocycles. The highest BCUT2D eigenvalue weighted by molar-refractivity contribution is 5.31. The van der Waals surface area contributed by atoms with Crippen LogP contribution in [0.3, 0.4) is 0 Å². The van der Waals surface area contributed by atoms with Gasteiger partial charge in [0.25, 0.3) is 0 Å². The average Bonchev–Trinajstić information content (AvgIpc) is 2.86. The first-order valence-corrected chi connectivity index (χ1v) is 13.1. The molecule has 0 N–H and O–H groups in total. The van der Waals surface area contributed by atoms with Crippen molar-refractivity contribution in [3.63, 3.8) is 0 Å². The molecular weight excluding hydrogens is 517 g/mol. The van der Waals surface area contributed by atoms with Gasteiger partial charge < -0.3 is 9.47 Å². The molecule has 0 atom stereocenters. The fourth-order valence-corrected chi connectivity index (χ4v) is 5.81. The summed E-state index contributed by atoms with van der Waals surface area (Å²) in [6.45, 7) is 5.08. The zero-order valence-electron chi connectivity index (χ0n) is 21.0. The summed E-state index contributed by atoms with van der Waals surface area (Å²) in [4.78, 5) is 0. The monoisotopic (exact) mass is 550 g/mol. The number of rotatable bonds is 7. The Morgan fingerprint density at radius 3 is 1.74 bits per heavy atom. The summed E-state index contributed by atoms with van der Waals surface area (Å²) in [5.74, 6) is -2.34. The normalized spacial score (nSPS) is 31.4. The van der Waals surface area contributed by atoms with Gasteiger partial charge in [-0.1, -0.05) is 18.2 Å². The first-order valence-electron chi connectivity index (χ1n) is 13.1. The fourth-order valence-electron chi connectivity index (χ4n) is 5.81. The van der Waals surface area contributed by atoms with Crippen molar-refractivity contribution in [2.24, 2.45) is 23.7 Å². The number of alkyl halides is 5. The van der Waals surface area contributed by atoms with Gasteiger partial charge in [0.05, 0.1) is 13.2 Å². The summed E-state index contributed by atoms with van der Waals surface area (Å²) in [6.07, 6.45) is 2.17. The minimum Gasteiger partial charge on any atom is -0.352 e. The highest BCUT2D eigenvalue weighted by Gasteiger charge is 2.49. The second-order valence-corrected chi connectivity index (χ2v) is 10.6. The van der Waals surface area contributed by atoms with Crippen molar-refractivity contribution in [1.82, 2.24) is 0 Å². The van der Waals surface area contributed by atoms with Crippen LogP contribution >= 0.6 is 0 Å². The van der Waals surface area contributed by atoms with E-state index < -0.39 is 29.7 Å². The van der Waals surface area contributed by atoms with Gasteiger partial charge >= 0.3 is 12.5 Å². The third kappa shape index (κ3) is 7.39. The van der Waals surface area contributed by atoms with Crippen molar-refractivity contribution >= 4 is 0 Å². The molecule has 3 nitrogen and oxygen atoms in total. The van der Waals surface area contributed by atoms with Crippen LogP contribution in [0.5, 0.6) is 0 Å². The molecule has 1 aromatic carbocycles. The van der Waals surface area contributed by atoms with Crippen molar-refractivity contribution < 1.29 is 44.9 Å². The fraction of sp³-hybridized carbons (Fsp3) is 0.643. The van der Waals surface area contributed by atoms with Gasteiger partial charge in [0.1, 0.15) is 17.2 Å². The molecule has 0 unspecified atom stereocenters. The highest BCUT2D eigenvalue weighted by Crippen LogP contribution is 2.42. The number of hydrogen-bond donors (Lipinski definition) is 0. The van der Waals surface area contributed by atoms with Crippen molar-refractivity contribution in [2.75, 3.05) is 13.2 Å². The van der Waals surface area contributed by atoms with Crippen LogP contribution in [-0.4, -0.2) is 25.9 Å². The van der Waals surface area contributed by atoms with Gasteiger partial charge in [-0.15, -0.1) is 19.8 Å². The van der Waals surface area contributed by atoms with Crippen molar-refractivity contribution in [1.29, 1.82) is 0 Å². The molecule has 38 heavy (non-hydrogen) atoms. The molecule has 3 aliphatic rings. The van der Waals surface area contributed by atoms with E-state index >= 15 is 0 Å². The van der Waals surface area contributed by atoms with Gasteiger partial charge in [-0.05, 0) is 86.8 Å². The average molecular weight is 551 g/mol. The molecule has 2 aliphatic carbocycles. The Bertz CT molecular complexity index is 946. The Morgan fingerprint density at radius 2 is 1.26 bits per heavy atom. The van der Waals surface area contributed by atoms with Crippen LogP contribution < -0.4 is 0 Å². The predicted molar refractivity (Wildman–Crippen MR) is 126 cm³/mol. The topological polar surface area (TPSA) is 27.7 Å². The molecule has 0 amide bonds. The van der Waals surface area contributed by atoms with Crippen molar-refractivity contribution in [3.05, 3.63) is 59.7 Å². The SMILES string of the molecule is C=CC1COC(C2CCC(C=CC3CCC(c4cc(F)c(C(F)(F)OC(F)(F)F)c(F)c4)CC3)CC2)OC1. The molecule has 1 saturated heterocycles. The van der Waals surface area contributed by atoms with E-state index in [4.69, 9.17) is 9.47 Å². The predicted octanol–water partition coefficient (Wildman–Crippen LogP) is 8.36. The molecule has 0 aromatic heterocycles. The molecule has 212 valence electrons. The van der Waals surface area contributed by atoms with Gasteiger partial charge in [-0.2, -0.15) is 8.78 Å². The van der Waals surface area contributed by atoms with Crippen molar-refractivity contribution in [2.45, 2.75) is 76.0 Å². The van der Waals surface area contributed by atoms with E-state index in [-0.39, 0.29) is 23.7 Å².